The van der Waals surface area contributed by atoms with Gasteiger partial charge in [-0.15, -0.1) is 11.3 Å². The molecule has 3 aromatic heterocycles. The summed E-state index contributed by atoms with van der Waals surface area (Å²) in [4.78, 5) is 37.9. The highest BCUT2D eigenvalue weighted by Gasteiger charge is 2.31. The number of hydrogen-bond acceptors (Lipinski definition) is 7. The van der Waals surface area contributed by atoms with E-state index in [4.69, 9.17) is 4.74 Å². The smallest absolute Gasteiger partial charge is 0.242 e. The lowest BCUT2D eigenvalue weighted by molar-refractivity contribution is -0.138. The summed E-state index contributed by atoms with van der Waals surface area (Å²) in [6.07, 6.45) is 6.95. The fraction of sp³-hybridized carbons (Fsp3) is 0.409. The zero-order valence-corrected chi connectivity index (χ0v) is 19.0. The van der Waals surface area contributed by atoms with Gasteiger partial charge in [0.25, 0.3) is 0 Å². The Labute approximate surface area is 190 Å². The second kappa shape index (κ2) is 10.0. The van der Waals surface area contributed by atoms with Gasteiger partial charge in [0.1, 0.15) is 0 Å². The van der Waals surface area contributed by atoms with E-state index in [0.29, 0.717) is 26.2 Å². The number of aromatic nitrogens is 4. The van der Waals surface area contributed by atoms with E-state index in [1.807, 2.05) is 37.7 Å². The van der Waals surface area contributed by atoms with Crippen LogP contribution in [0.1, 0.15) is 21.8 Å². The fourth-order valence-electron chi connectivity index (χ4n) is 3.65. The van der Waals surface area contributed by atoms with Gasteiger partial charge in [0.2, 0.25) is 11.8 Å². The van der Waals surface area contributed by atoms with Crippen molar-refractivity contribution in [1.82, 2.24) is 29.5 Å². The number of amides is 2. The van der Waals surface area contributed by atoms with Crippen LogP contribution < -0.4 is 0 Å². The largest absolute Gasteiger partial charge is 0.370 e. The third-order valence-electron chi connectivity index (χ3n) is 5.22. The summed E-state index contributed by atoms with van der Waals surface area (Å²) >= 11 is 1.51. The summed E-state index contributed by atoms with van der Waals surface area (Å²) in [5.41, 5.74) is 2.61. The summed E-state index contributed by atoms with van der Waals surface area (Å²) in [7, 11) is 1.84. The summed E-state index contributed by atoms with van der Waals surface area (Å²) in [5.74, 6) is -0.231. The Morgan fingerprint density at radius 3 is 2.84 bits per heavy atom. The first kappa shape index (κ1) is 22.1. The molecule has 0 spiro atoms. The van der Waals surface area contributed by atoms with E-state index in [2.05, 4.69) is 15.1 Å². The lowest BCUT2D eigenvalue weighted by Crippen LogP contribution is -2.40. The van der Waals surface area contributed by atoms with E-state index in [1.165, 1.54) is 11.3 Å². The second-order valence-electron chi connectivity index (χ2n) is 7.90. The maximum absolute atomic E-state index is 13.0. The molecule has 4 heterocycles. The van der Waals surface area contributed by atoms with Crippen molar-refractivity contribution in [3.63, 3.8) is 0 Å². The Hall–Kier alpha value is -3.11. The molecule has 32 heavy (non-hydrogen) atoms. The lowest BCUT2D eigenvalue weighted by atomic mass is 10.2. The van der Waals surface area contributed by atoms with Gasteiger partial charge in [-0.2, -0.15) is 5.10 Å². The Morgan fingerprint density at radius 2 is 2.16 bits per heavy atom. The second-order valence-corrected chi connectivity index (χ2v) is 8.96. The van der Waals surface area contributed by atoms with E-state index < -0.39 is 0 Å². The van der Waals surface area contributed by atoms with Crippen molar-refractivity contribution >= 4 is 23.2 Å². The van der Waals surface area contributed by atoms with E-state index >= 15 is 0 Å². The van der Waals surface area contributed by atoms with Crippen molar-refractivity contribution in [3.05, 3.63) is 64.1 Å². The Bertz CT molecular complexity index is 1070. The fourth-order valence-corrected chi connectivity index (χ4v) is 4.27. The van der Waals surface area contributed by atoms with Gasteiger partial charge in [-0.25, -0.2) is 4.98 Å². The maximum atomic E-state index is 13.0. The minimum atomic E-state index is -0.320. The predicted molar refractivity (Wildman–Crippen MR) is 119 cm³/mol. The summed E-state index contributed by atoms with van der Waals surface area (Å²) in [6.45, 7) is 3.46. The van der Waals surface area contributed by atoms with Gasteiger partial charge in [0, 0.05) is 56.2 Å². The van der Waals surface area contributed by atoms with Crippen molar-refractivity contribution in [3.8, 4) is 0 Å². The molecule has 1 aliphatic heterocycles. The predicted octanol–water partition coefficient (Wildman–Crippen LogP) is 1.58. The summed E-state index contributed by atoms with van der Waals surface area (Å²) < 4.78 is 7.85. The van der Waals surface area contributed by atoms with Gasteiger partial charge in [0.15, 0.2) is 0 Å². The number of rotatable bonds is 7. The monoisotopic (exact) mass is 454 g/mol. The van der Waals surface area contributed by atoms with Crippen LogP contribution in [0, 0.1) is 6.92 Å². The molecule has 1 atom stereocenters. The molecular formula is C22H26N6O3S. The van der Waals surface area contributed by atoms with E-state index in [0.717, 1.165) is 21.8 Å². The standard InChI is InChI=1S/C22H26N6O3S/c1-16-25-19(15-32-16)6-21(29)28-12-20(31-14-17-4-3-5-23-7-17)11-27(22(30)13-28)10-18-8-24-26(2)9-18/h3-5,7-9,15,20H,6,10-14H2,1-2H3/t20-/m0/s1. The Kier molecular flexibility index (Phi) is 6.91. The minimum absolute atomic E-state index is 0.0228. The van der Waals surface area contributed by atoms with Crippen LogP contribution in [0.2, 0.25) is 0 Å². The first-order valence-electron chi connectivity index (χ1n) is 10.4. The van der Waals surface area contributed by atoms with Gasteiger partial charge in [-0.3, -0.25) is 19.3 Å². The third-order valence-corrected chi connectivity index (χ3v) is 6.04. The van der Waals surface area contributed by atoms with Crippen LogP contribution in [0.3, 0.4) is 0 Å². The van der Waals surface area contributed by atoms with Crippen LogP contribution in [0.15, 0.2) is 42.3 Å². The minimum Gasteiger partial charge on any atom is -0.370 e. The molecule has 0 radical (unpaired) electrons. The van der Waals surface area contributed by atoms with Crippen molar-refractivity contribution in [2.24, 2.45) is 7.05 Å². The molecule has 0 aliphatic carbocycles. The lowest BCUT2D eigenvalue weighted by Gasteiger charge is -2.24. The van der Waals surface area contributed by atoms with Crippen LogP contribution in [0.4, 0.5) is 0 Å². The number of carbonyl (C=O) groups excluding carboxylic acids is 2. The molecule has 1 fully saturated rings. The van der Waals surface area contributed by atoms with Crippen LogP contribution in [-0.4, -0.2) is 67.1 Å². The Balaban J connectivity index is 1.48. The van der Waals surface area contributed by atoms with E-state index in [9.17, 15) is 9.59 Å². The number of thiazole rings is 1. The summed E-state index contributed by atoms with van der Waals surface area (Å²) in [6, 6.07) is 3.80. The molecule has 0 saturated carbocycles. The highest BCUT2D eigenvalue weighted by molar-refractivity contribution is 7.09. The number of pyridine rings is 1. The van der Waals surface area contributed by atoms with E-state index in [1.54, 1.807) is 33.1 Å². The van der Waals surface area contributed by atoms with Crippen molar-refractivity contribution in [2.75, 3.05) is 19.6 Å². The van der Waals surface area contributed by atoms with Gasteiger partial charge in [-0.1, -0.05) is 6.07 Å². The molecule has 0 aromatic carbocycles. The van der Waals surface area contributed by atoms with Crippen molar-refractivity contribution in [2.45, 2.75) is 32.6 Å². The summed E-state index contributed by atoms with van der Waals surface area (Å²) in [5, 5.41) is 6.99. The molecule has 9 nitrogen and oxygen atoms in total. The van der Waals surface area contributed by atoms with Crippen LogP contribution in [-0.2, 0) is 40.9 Å². The maximum Gasteiger partial charge on any atom is 0.242 e. The SMILES string of the molecule is Cc1nc(CC(=O)N2CC(=O)N(Cc3cnn(C)c3)C[C@H](OCc3cccnc3)C2)cs1. The van der Waals surface area contributed by atoms with E-state index in [-0.39, 0.29) is 30.9 Å². The highest BCUT2D eigenvalue weighted by Crippen LogP contribution is 2.16. The molecule has 1 saturated heterocycles. The molecule has 1 aliphatic rings. The number of hydrogen-bond donors (Lipinski definition) is 0. The first-order valence-corrected chi connectivity index (χ1v) is 11.3. The quantitative estimate of drug-likeness (QED) is 0.538. The molecule has 2 amide bonds. The number of ether oxygens (including phenoxy) is 1. The molecule has 0 bridgehead atoms. The molecule has 10 heteroatoms. The highest BCUT2D eigenvalue weighted by atomic mass is 32.1. The zero-order chi connectivity index (χ0) is 22.5. The zero-order valence-electron chi connectivity index (χ0n) is 18.2. The van der Waals surface area contributed by atoms with Gasteiger partial charge in [-0.05, 0) is 18.6 Å². The topological polar surface area (TPSA) is 93.5 Å². The normalized spacial score (nSPS) is 16.9. The molecule has 4 rings (SSSR count). The Morgan fingerprint density at radius 1 is 1.28 bits per heavy atom. The van der Waals surface area contributed by atoms with Crippen LogP contribution in [0.25, 0.3) is 0 Å². The van der Waals surface area contributed by atoms with Crippen LogP contribution in [0.5, 0.6) is 0 Å². The molecular weight excluding hydrogens is 428 g/mol. The number of aryl methyl sites for hydroxylation is 2. The molecule has 3 aromatic rings. The molecule has 0 N–H and O–H groups in total. The number of carbonyl (C=O) groups is 2. The van der Waals surface area contributed by atoms with Gasteiger partial charge >= 0.3 is 0 Å². The first-order chi connectivity index (χ1) is 15.5. The van der Waals surface area contributed by atoms with Gasteiger partial charge in [0.05, 0.1) is 42.6 Å². The number of nitrogens with zero attached hydrogens (tertiary/aromatic N) is 6. The van der Waals surface area contributed by atoms with Gasteiger partial charge < -0.3 is 14.5 Å². The third kappa shape index (κ3) is 5.77. The molecule has 0 unspecified atom stereocenters. The van der Waals surface area contributed by atoms with Crippen molar-refractivity contribution < 1.29 is 14.3 Å². The average molecular weight is 455 g/mol. The molecule has 168 valence electrons. The average Bonchev–Trinajstić information content (AvgIpc) is 3.34. The van der Waals surface area contributed by atoms with Crippen LogP contribution >= 0.6 is 11.3 Å². The van der Waals surface area contributed by atoms with Crippen molar-refractivity contribution in [1.29, 1.82) is 0 Å².